The zero-order chi connectivity index (χ0) is 31.4. The van der Waals surface area contributed by atoms with E-state index in [9.17, 15) is 14.7 Å². The predicted octanol–water partition coefficient (Wildman–Crippen LogP) is 8.68. The normalized spacial score (nSPS) is 44.9. The van der Waals surface area contributed by atoms with E-state index in [4.69, 9.17) is 14.2 Å². The Morgan fingerprint density at radius 2 is 1.61 bits per heavy atom. The molecular weight excluding hydrogens is 552 g/mol. The number of aliphatic carboxylic acids is 1. The summed E-state index contributed by atoms with van der Waals surface area (Å²) < 4.78 is 17.3. The summed E-state index contributed by atoms with van der Waals surface area (Å²) in [5, 5.41) is 10.6. The fourth-order valence-corrected chi connectivity index (χ4v) is 12.9. The van der Waals surface area contributed by atoms with Crippen molar-refractivity contribution < 1.29 is 28.9 Å². The van der Waals surface area contributed by atoms with E-state index in [2.05, 4.69) is 48.1 Å². The number of ether oxygens (including phenoxy) is 3. The molecule has 1 aromatic rings. The van der Waals surface area contributed by atoms with Gasteiger partial charge in [0.1, 0.15) is 6.10 Å². The minimum atomic E-state index is -0.583. The van der Waals surface area contributed by atoms with Gasteiger partial charge in [0.2, 0.25) is 6.79 Å². The molecule has 1 aliphatic heterocycles. The summed E-state index contributed by atoms with van der Waals surface area (Å²) in [6.45, 7) is 19.1. The molecule has 0 radical (unpaired) electrons. The van der Waals surface area contributed by atoms with E-state index in [-0.39, 0.29) is 46.4 Å². The molecule has 44 heavy (non-hydrogen) atoms. The smallest absolute Gasteiger partial charge is 0.338 e. The Hall–Kier alpha value is -2.50. The Balaban J connectivity index is 1.15. The van der Waals surface area contributed by atoms with Gasteiger partial charge in [-0.1, -0.05) is 46.8 Å². The number of hydrogen-bond acceptors (Lipinski definition) is 5. The fraction of sp³-hybridized carbons (Fsp3) is 0.737. The number of fused-ring (bicyclic) bond motifs is 8. The van der Waals surface area contributed by atoms with Crippen LogP contribution in [0.5, 0.6) is 11.5 Å². The molecule has 7 rings (SSSR count). The maximum absolute atomic E-state index is 13.4. The van der Waals surface area contributed by atoms with E-state index in [1.165, 1.54) is 5.57 Å². The van der Waals surface area contributed by atoms with E-state index in [1.54, 1.807) is 18.2 Å². The lowest BCUT2D eigenvalue weighted by molar-refractivity contribution is -0.248. The molecule has 5 saturated carbocycles. The molecule has 5 fully saturated rings. The van der Waals surface area contributed by atoms with Crippen molar-refractivity contribution in [2.75, 3.05) is 6.79 Å². The molecule has 6 aliphatic rings. The van der Waals surface area contributed by atoms with Crippen molar-refractivity contribution in [3.63, 3.8) is 0 Å². The zero-order valence-corrected chi connectivity index (χ0v) is 27.7. The lowest BCUT2D eigenvalue weighted by atomic mass is 9.32. The van der Waals surface area contributed by atoms with Crippen LogP contribution in [0.1, 0.15) is 116 Å². The van der Waals surface area contributed by atoms with Crippen LogP contribution in [0.15, 0.2) is 30.4 Å². The molecule has 6 nitrogen and oxygen atoms in total. The highest BCUT2D eigenvalue weighted by molar-refractivity contribution is 5.90. The number of carboxylic acid groups (broad SMARTS) is 1. The van der Waals surface area contributed by atoms with E-state index in [1.807, 2.05) is 0 Å². The van der Waals surface area contributed by atoms with Crippen molar-refractivity contribution in [1.82, 2.24) is 0 Å². The van der Waals surface area contributed by atoms with Crippen molar-refractivity contribution in [2.45, 2.75) is 112 Å². The highest BCUT2D eigenvalue weighted by Crippen LogP contribution is 2.77. The zero-order valence-electron chi connectivity index (χ0n) is 27.7. The van der Waals surface area contributed by atoms with E-state index < -0.39 is 11.4 Å². The van der Waals surface area contributed by atoms with E-state index >= 15 is 0 Å². The molecule has 0 saturated heterocycles. The first kappa shape index (κ1) is 30.2. The second-order valence-corrected chi connectivity index (χ2v) is 17.0. The molecule has 5 aliphatic carbocycles. The van der Waals surface area contributed by atoms with Crippen molar-refractivity contribution in [3.8, 4) is 11.5 Å². The SMILES string of the molecule is C=C(C)[C@@H]1CC[C@]2(C(=O)O)CC[C@]3(C)[C@H](CC[C@@H]4[C@@]5(C)CC[C@H](OC(=O)c6ccc7c(c6)OCO7)C(C)(C)[C@@H]5CC[C@]43C)[C@@H]12. The van der Waals surface area contributed by atoms with Crippen LogP contribution in [0.2, 0.25) is 0 Å². The second kappa shape index (κ2) is 9.75. The van der Waals surface area contributed by atoms with Crippen LogP contribution in [0.25, 0.3) is 0 Å². The van der Waals surface area contributed by atoms with Gasteiger partial charge in [0.25, 0.3) is 0 Å². The molecule has 0 aromatic heterocycles. The Morgan fingerprint density at radius 1 is 0.864 bits per heavy atom. The molecule has 0 bridgehead atoms. The maximum atomic E-state index is 13.4. The Bertz CT molecular complexity index is 1400. The van der Waals surface area contributed by atoms with Crippen molar-refractivity contribution >= 4 is 11.9 Å². The third-order valence-electron chi connectivity index (χ3n) is 15.3. The average molecular weight is 605 g/mol. The summed E-state index contributed by atoms with van der Waals surface area (Å²) in [6.07, 6.45) is 9.92. The topological polar surface area (TPSA) is 82.1 Å². The Labute approximate surface area is 263 Å². The minimum absolute atomic E-state index is 0.109. The molecule has 1 heterocycles. The number of carbonyl (C=O) groups is 2. The number of carboxylic acids is 1. The molecule has 0 unspecified atom stereocenters. The predicted molar refractivity (Wildman–Crippen MR) is 168 cm³/mol. The molecule has 240 valence electrons. The van der Waals surface area contributed by atoms with Crippen LogP contribution < -0.4 is 9.47 Å². The minimum Gasteiger partial charge on any atom is -0.481 e. The maximum Gasteiger partial charge on any atom is 0.338 e. The van der Waals surface area contributed by atoms with Gasteiger partial charge in [-0.3, -0.25) is 4.79 Å². The summed E-state index contributed by atoms with van der Waals surface area (Å²) in [5.41, 5.74) is 1.37. The highest BCUT2D eigenvalue weighted by atomic mass is 16.7. The van der Waals surface area contributed by atoms with Crippen LogP contribution in [-0.2, 0) is 9.53 Å². The Morgan fingerprint density at radius 3 is 2.34 bits per heavy atom. The molecular formula is C38H52O6. The molecule has 10 atom stereocenters. The standard InChI is InChI=1S/C38H52O6/c1-22(2)24-12-17-38(33(40)41)19-18-36(6)25(31(24)38)9-11-29-35(5)15-14-30(34(3,4)28(35)13-16-37(29,36)7)44-32(39)23-8-10-26-27(20-23)43-21-42-26/h8,10,20,24-25,28-31H,1,9,11-19,21H2,2-7H3,(H,40,41)/t24-,25+,28-,29+,30-,31+,35-,36+,37+,38-/m0/s1. The molecule has 1 N–H and O–H groups in total. The largest absolute Gasteiger partial charge is 0.481 e. The third kappa shape index (κ3) is 3.84. The van der Waals surface area contributed by atoms with Gasteiger partial charge in [-0.25, -0.2) is 4.79 Å². The number of hydrogen-bond donors (Lipinski definition) is 1. The fourth-order valence-electron chi connectivity index (χ4n) is 12.9. The van der Waals surface area contributed by atoms with Crippen molar-refractivity contribution in [1.29, 1.82) is 0 Å². The number of esters is 1. The first-order chi connectivity index (χ1) is 20.7. The van der Waals surface area contributed by atoms with Crippen LogP contribution in [-0.4, -0.2) is 29.9 Å². The molecule has 0 amide bonds. The Kier molecular flexibility index (Phi) is 6.69. The van der Waals surface area contributed by atoms with Crippen molar-refractivity contribution in [3.05, 3.63) is 35.9 Å². The lowest BCUT2D eigenvalue weighted by Gasteiger charge is -2.72. The number of allylic oxidation sites excluding steroid dienone is 1. The monoisotopic (exact) mass is 604 g/mol. The summed E-state index contributed by atoms with van der Waals surface area (Å²) >= 11 is 0. The van der Waals surface area contributed by atoms with Gasteiger partial charge in [-0.05, 0) is 135 Å². The van der Waals surface area contributed by atoms with E-state index in [0.717, 1.165) is 64.2 Å². The lowest BCUT2D eigenvalue weighted by Crippen LogP contribution is -2.67. The summed E-state index contributed by atoms with van der Waals surface area (Å²) in [6, 6.07) is 5.30. The highest BCUT2D eigenvalue weighted by Gasteiger charge is 2.72. The van der Waals surface area contributed by atoms with Crippen LogP contribution in [0, 0.1) is 56.7 Å². The summed E-state index contributed by atoms with van der Waals surface area (Å²) in [5.74, 6) is 2.37. The van der Waals surface area contributed by atoms with Gasteiger partial charge < -0.3 is 19.3 Å². The number of benzene rings is 1. The van der Waals surface area contributed by atoms with Gasteiger partial charge in [-0.15, -0.1) is 0 Å². The summed E-state index contributed by atoms with van der Waals surface area (Å²) in [7, 11) is 0. The molecule has 1 aromatic carbocycles. The van der Waals surface area contributed by atoms with Crippen molar-refractivity contribution in [2.24, 2.45) is 56.7 Å². The van der Waals surface area contributed by atoms with Crippen LogP contribution in [0.3, 0.4) is 0 Å². The van der Waals surface area contributed by atoms with Gasteiger partial charge in [0, 0.05) is 5.41 Å². The van der Waals surface area contributed by atoms with Gasteiger partial charge in [0.05, 0.1) is 11.0 Å². The van der Waals surface area contributed by atoms with Gasteiger partial charge in [0.15, 0.2) is 11.5 Å². The van der Waals surface area contributed by atoms with E-state index in [0.29, 0.717) is 40.7 Å². The molecule has 0 spiro atoms. The van der Waals surface area contributed by atoms with Crippen LogP contribution in [0.4, 0.5) is 0 Å². The van der Waals surface area contributed by atoms with Crippen LogP contribution >= 0.6 is 0 Å². The number of carbonyl (C=O) groups excluding carboxylic acids is 1. The molecule has 6 heteroatoms. The quantitative estimate of drug-likeness (QED) is 0.274. The number of rotatable bonds is 4. The van der Waals surface area contributed by atoms with Gasteiger partial charge in [-0.2, -0.15) is 0 Å². The summed E-state index contributed by atoms with van der Waals surface area (Å²) in [4.78, 5) is 26.3. The van der Waals surface area contributed by atoms with Gasteiger partial charge >= 0.3 is 11.9 Å². The third-order valence-corrected chi connectivity index (χ3v) is 15.3. The first-order valence-corrected chi connectivity index (χ1v) is 17.2. The average Bonchev–Trinajstić information content (AvgIpc) is 3.60. The second-order valence-electron chi connectivity index (χ2n) is 17.0. The first-order valence-electron chi connectivity index (χ1n) is 17.2.